The van der Waals surface area contributed by atoms with E-state index in [1.54, 1.807) is 6.92 Å². The van der Waals surface area contributed by atoms with Crippen LogP contribution in [-0.2, 0) is 4.79 Å². The van der Waals surface area contributed by atoms with Crippen LogP contribution in [0.2, 0.25) is 0 Å². The highest BCUT2D eigenvalue weighted by Gasteiger charge is 2.19. The van der Waals surface area contributed by atoms with E-state index >= 15 is 0 Å². The molecule has 0 aromatic rings. The number of carbonyl (C=O) groups excluding carboxylic acids is 1. The van der Waals surface area contributed by atoms with Gasteiger partial charge in [-0.15, -0.1) is 0 Å². The molecule has 106 valence electrons. The number of likely N-dealkylation sites (N-methyl/N-ethyl adjacent to an activating group) is 1. The van der Waals surface area contributed by atoms with Gasteiger partial charge in [-0.2, -0.15) is 0 Å². The van der Waals surface area contributed by atoms with Crippen LogP contribution in [0, 0.1) is 0 Å². The Balaban J connectivity index is 2.12. The molecule has 0 atom stereocenters. The molecule has 1 heterocycles. The summed E-state index contributed by atoms with van der Waals surface area (Å²) in [4.78, 5) is 15.7. The summed E-state index contributed by atoms with van der Waals surface area (Å²) in [6.07, 6.45) is 3.42. The summed E-state index contributed by atoms with van der Waals surface area (Å²) in [5.41, 5.74) is 0. The van der Waals surface area contributed by atoms with Gasteiger partial charge in [-0.1, -0.05) is 13.8 Å². The Morgan fingerprint density at radius 3 is 2.44 bits per heavy atom. The third-order valence-electron chi connectivity index (χ3n) is 3.79. The van der Waals surface area contributed by atoms with Crippen LogP contribution in [0.25, 0.3) is 0 Å². The van der Waals surface area contributed by atoms with Gasteiger partial charge in [-0.3, -0.25) is 4.79 Å². The highest BCUT2D eigenvalue weighted by molar-refractivity contribution is 5.73. The predicted octanol–water partition coefficient (Wildman–Crippen LogP) is 1.32. The van der Waals surface area contributed by atoms with Crippen molar-refractivity contribution in [1.82, 2.24) is 15.1 Å². The second kappa shape index (κ2) is 8.48. The van der Waals surface area contributed by atoms with E-state index < -0.39 is 0 Å². The average Bonchev–Trinajstić information content (AvgIpc) is 2.38. The maximum Gasteiger partial charge on any atom is 0.219 e. The molecule has 1 aliphatic rings. The Morgan fingerprint density at radius 1 is 1.28 bits per heavy atom. The smallest absolute Gasteiger partial charge is 0.219 e. The van der Waals surface area contributed by atoms with Crippen LogP contribution in [0.5, 0.6) is 0 Å². The van der Waals surface area contributed by atoms with Crippen molar-refractivity contribution in [2.75, 3.05) is 39.3 Å². The van der Waals surface area contributed by atoms with Gasteiger partial charge in [0.1, 0.15) is 0 Å². The molecule has 0 spiro atoms. The molecule has 1 N–H and O–H groups in total. The van der Waals surface area contributed by atoms with Crippen LogP contribution in [0.1, 0.15) is 40.0 Å². The molecule has 0 aromatic heterocycles. The van der Waals surface area contributed by atoms with Gasteiger partial charge in [-0.25, -0.2) is 0 Å². The fourth-order valence-electron chi connectivity index (χ4n) is 2.57. The summed E-state index contributed by atoms with van der Waals surface area (Å²) in [6, 6.07) is 0.598. The Morgan fingerprint density at radius 2 is 1.94 bits per heavy atom. The first-order valence-corrected chi connectivity index (χ1v) is 7.38. The molecule has 0 saturated carbocycles. The molecule has 4 nitrogen and oxygen atoms in total. The fraction of sp³-hybridized carbons (Fsp3) is 0.929. The van der Waals surface area contributed by atoms with Crippen molar-refractivity contribution in [3.63, 3.8) is 0 Å². The first-order valence-electron chi connectivity index (χ1n) is 7.38. The minimum absolute atomic E-state index is 0.216. The van der Waals surface area contributed by atoms with E-state index in [1.807, 2.05) is 4.90 Å². The summed E-state index contributed by atoms with van der Waals surface area (Å²) in [5.74, 6) is 0.216. The molecule has 0 aromatic carbocycles. The zero-order valence-corrected chi connectivity index (χ0v) is 12.2. The van der Waals surface area contributed by atoms with E-state index in [0.29, 0.717) is 6.04 Å². The van der Waals surface area contributed by atoms with Crippen molar-refractivity contribution in [2.45, 2.75) is 46.1 Å². The number of nitrogens with zero attached hydrogens (tertiary/aromatic N) is 2. The second-order valence-electron chi connectivity index (χ2n) is 5.17. The van der Waals surface area contributed by atoms with Crippen LogP contribution in [-0.4, -0.2) is 61.0 Å². The van der Waals surface area contributed by atoms with E-state index in [2.05, 4.69) is 24.1 Å². The van der Waals surface area contributed by atoms with E-state index in [4.69, 9.17) is 0 Å². The summed E-state index contributed by atoms with van der Waals surface area (Å²) in [5, 5.41) is 3.62. The van der Waals surface area contributed by atoms with Gasteiger partial charge in [0.05, 0.1) is 0 Å². The van der Waals surface area contributed by atoms with Gasteiger partial charge in [-0.05, 0) is 32.4 Å². The minimum Gasteiger partial charge on any atom is -0.343 e. The van der Waals surface area contributed by atoms with E-state index in [0.717, 1.165) is 45.6 Å². The lowest BCUT2D eigenvalue weighted by Crippen LogP contribution is -2.46. The van der Waals surface area contributed by atoms with Crippen molar-refractivity contribution < 1.29 is 4.79 Å². The van der Waals surface area contributed by atoms with Crippen molar-refractivity contribution in [3.05, 3.63) is 0 Å². The van der Waals surface area contributed by atoms with Crippen LogP contribution in [0.4, 0.5) is 0 Å². The van der Waals surface area contributed by atoms with E-state index in [-0.39, 0.29) is 5.91 Å². The molecule has 4 heteroatoms. The third-order valence-corrected chi connectivity index (χ3v) is 3.79. The monoisotopic (exact) mass is 255 g/mol. The summed E-state index contributed by atoms with van der Waals surface area (Å²) in [7, 11) is 0. The number of carbonyl (C=O) groups is 1. The normalized spacial score (nSPS) is 17.4. The SMILES string of the molecule is CCCN(CC)CCNC1CCN(C(C)=O)CC1. The number of rotatable bonds is 7. The first kappa shape index (κ1) is 15.4. The molecule has 1 rings (SSSR count). The molecule has 1 saturated heterocycles. The minimum atomic E-state index is 0.216. The van der Waals surface area contributed by atoms with Crippen LogP contribution < -0.4 is 5.32 Å². The van der Waals surface area contributed by atoms with Crippen molar-refractivity contribution in [3.8, 4) is 0 Å². The van der Waals surface area contributed by atoms with Crippen LogP contribution >= 0.6 is 0 Å². The van der Waals surface area contributed by atoms with Gasteiger partial charge in [0, 0.05) is 39.1 Å². The number of hydrogen-bond acceptors (Lipinski definition) is 3. The van der Waals surface area contributed by atoms with Crippen molar-refractivity contribution in [1.29, 1.82) is 0 Å². The Labute approximate surface area is 112 Å². The lowest BCUT2D eigenvalue weighted by atomic mass is 10.1. The van der Waals surface area contributed by atoms with Gasteiger partial charge in [0.15, 0.2) is 0 Å². The fourth-order valence-corrected chi connectivity index (χ4v) is 2.57. The number of hydrogen-bond donors (Lipinski definition) is 1. The maximum atomic E-state index is 11.2. The lowest BCUT2D eigenvalue weighted by Gasteiger charge is -2.32. The summed E-state index contributed by atoms with van der Waals surface area (Å²) >= 11 is 0. The second-order valence-corrected chi connectivity index (χ2v) is 5.17. The molecule has 18 heavy (non-hydrogen) atoms. The zero-order chi connectivity index (χ0) is 13.4. The molecule has 0 bridgehead atoms. The summed E-state index contributed by atoms with van der Waals surface area (Å²) < 4.78 is 0. The number of piperidine rings is 1. The van der Waals surface area contributed by atoms with Gasteiger partial charge in [0.25, 0.3) is 0 Å². The van der Waals surface area contributed by atoms with Crippen molar-refractivity contribution >= 4 is 5.91 Å². The summed E-state index contributed by atoms with van der Waals surface area (Å²) in [6.45, 7) is 12.5. The molecule has 0 unspecified atom stereocenters. The molecule has 0 aliphatic carbocycles. The Bertz CT molecular complexity index is 237. The average molecular weight is 255 g/mol. The van der Waals surface area contributed by atoms with Gasteiger partial charge in [0.2, 0.25) is 5.91 Å². The number of amides is 1. The van der Waals surface area contributed by atoms with Gasteiger partial charge >= 0.3 is 0 Å². The largest absolute Gasteiger partial charge is 0.343 e. The molecule has 1 fully saturated rings. The topological polar surface area (TPSA) is 35.6 Å². The quantitative estimate of drug-likeness (QED) is 0.745. The number of nitrogens with one attached hydrogen (secondary N) is 1. The molecule has 1 amide bonds. The first-order chi connectivity index (χ1) is 8.67. The Kier molecular flexibility index (Phi) is 7.28. The molecule has 1 aliphatic heterocycles. The van der Waals surface area contributed by atoms with E-state index in [9.17, 15) is 4.79 Å². The number of likely N-dealkylation sites (tertiary alicyclic amines) is 1. The molecule has 0 radical (unpaired) electrons. The molecular formula is C14H29N3O. The zero-order valence-electron chi connectivity index (χ0n) is 12.2. The predicted molar refractivity (Wildman–Crippen MR) is 75.7 cm³/mol. The lowest BCUT2D eigenvalue weighted by molar-refractivity contribution is -0.129. The van der Waals surface area contributed by atoms with Crippen molar-refractivity contribution in [2.24, 2.45) is 0 Å². The standard InChI is InChI=1S/C14H29N3O/c1-4-9-16(5-2)12-8-15-14-6-10-17(11-7-14)13(3)18/h14-15H,4-12H2,1-3H3. The highest BCUT2D eigenvalue weighted by atomic mass is 16.2. The highest BCUT2D eigenvalue weighted by Crippen LogP contribution is 2.10. The molecular weight excluding hydrogens is 226 g/mol. The third kappa shape index (κ3) is 5.36. The van der Waals surface area contributed by atoms with E-state index in [1.165, 1.54) is 13.0 Å². The van der Waals surface area contributed by atoms with Crippen LogP contribution in [0.3, 0.4) is 0 Å². The maximum absolute atomic E-state index is 11.2. The van der Waals surface area contributed by atoms with Gasteiger partial charge < -0.3 is 15.1 Å². The van der Waals surface area contributed by atoms with Crippen LogP contribution in [0.15, 0.2) is 0 Å². The Hall–Kier alpha value is -0.610.